The fraction of sp³-hybridized carbons (Fsp3) is 0.429. The monoisotopic (exact) mass is 185 g/mol. The van der Waals surface area contributed by atoms with E-state index in [-0.39, 0.29) is 11.9 Å². The smallest absolute Gasteiger partial charge is 0.256 e. The number of nitrogens with zero attached hydrogens (tertiary/aromatic N) is 1. The van der Waals surface area contributed by atoms with Crippen LogP contribution in [0.5, 0.6) is 0 Å². The van der Waals surface area contributed by atoms with Crippen molar-refractivity contribution >= 4 is 22.4 Å². The van der Waals surface area contributed by atoms with Gasteiger partial charge in [-0.2, -0.15) is 4.37 Å². The summed E-state index contributed by atoms with van der Waals surface area (Å²) in [5.74, 6) is -0.156. The zero-order valence-electron chi connectivity index (χ0n) is 7.00. The molecule has 0 spiro atoms. The minimum absolute atomic E-state index is 0.122. The fourth-order valence-electron chi connectivity index (χ4n) is 0.759. The maximum atomic E-state index is 11.3. The van der Waals surface area contributed by atoms with Gasteiger partial charge in [-0.15, -0.1) is 0 Å². The molecule has 4 nitrogen and oxygen atoms in total. The Labute approximate surface area is 74.9 Å². The van der Waals surface area contributed by atoms with Gasteiger partial charge in [-0.05, 0) is 25.4 Å². The van der Waals surface area contributed by atoms with Crippen molar-refractivity contribution in [1.29, 1.82) is 0 Å². The maximum Gasteiger partial charge on any atom is 0.256 e. The van der Waals surface area contributed by atoms with Crippen molar-refractivity contribution in [3.05, 3.63) is 11.8 Å². The average molecular weight is 185 g/mol. The van der Waals surface area contributed by atoms with E-state index in [9.17, 15) is 4.79 Å². The van der Waals surface area contributed by atoms with Gasteiger partial charge in [0.1, 0.15) is 5.00 Å². The summed E-state index contributed by atoms with van der Waals surface area (Å²) in [6.45, 7) is 3.79. The summed E-state index contributed by atoms with van der Waals surface area (Å²) in [7, 11) is 0. The summed E-state index contributed by atoms with van der Waals surface area (Å²) in [5, 5.41) is 3.20. The molecule has 12 heavy (non-hydrogen) atoms. The van der Waals surface area contributed by atoms with Crippen molar-refractivity contribution in [1.82, 2.24) is 9.69 Å². The molecule has 66 valence electrons. The first-order chi connectivity index (χ1) is 5.61. The quantitative estimate of drug-likeness (QED) is 0.718. The lowest BCUT2D eigenvalue weighted by Gasteiger charge is -2.06. The van der Waals surface area contributed by atoms with Crippen LogP contribution in [0.4, 0.5) is 5.00 Å². The third-order valence-corrected chi connectivity index (χ3v) is 1.89. The van der Waals surface area contributed by atoms with Gasteiger partial charge in [0.05, 0.1) is 11.8 Å². The molecule has 5 heteroatoms. The molecule has 0 atom stereocenters. The van der Waals surface area contributed by atoms with Gasteiger partial charge in [0.25, 0.3) is 5.91 Å². The SMILES string of the molecule is CC(C)NC(=O)c1cnsc1N. The highest BCUT2D eigenvalue weighted by atomic mass is 32.1. The number of amides is 1. The topological polar surface area (TPSA) is 68.0 Å². The number of hydrogen-bond acceptors (Lipinski definition) is 4. The van der Waals surface area contributed by atoms with Crippen molar-refractivity contribution in [2.45, 2.75) is 19.9 Å². The number of nitrogens with one attached hydrogen (secondary N) is 1. The summed E-state index contributed by atoms with van der Waals surface area (Å²) in [5.41, 5.74) is 5.98. The van der Waals surface area contributed by atoms with Crippen LogP contribution in [0.25, 0.3) is 0 Å². The van der Waals surface area contributed by atoms with Crippen LogP contribution in [0, 0.1) is 0 Å². The maximum absolute atomic E-state index is 11.3. The molecule has 1 aromatic rings. The van der Waals surface area contributed by atoms with Gasteiger partial charge in [0.15, 0.2) is 0 Å². The minimum atomic E-state index is -0.156. The highest BCUT2D eigenvalue weighted by Crippen LogP contribution is 2.15. The second-order valence-electron chi connectivity index (χ2n) is 2.73. The van der Waals surface area contributed by atoms with Crippen molar-refractivity contribution in [3.8, 4) is 0 Å². The molecule has 0 fully saturated rings. The van der Waals surface area contributed by atoms with Crippen LogP contribution >= 0.6 is 11.5 Å². The Morgan fingerprint density at radius 3 is 2.83 bits per heavy atom. The van der Waals surface area contributed by atoms with Crippen molar-refractivity contribution in [2.24, 2.45) is 0 Å². The van der Waals surface area contributed by atoms with E-state index in [4.69, 9.17) is 5.73 Å². The lowest BCUT2D eigenvalue weighted by atomic mass is 10.3. The predicted molar refractivity (Wildman–Crippen MR) is 49.1 cm³/mol. The summed E-state index contributed by atoms with van der Waals surface area (Å²) in [6, 6.07) is 0.122. The standard InChI is InChI=1S/C7H11N3OS/c1-4(2)10-7(11)5-3-9-12-6(5)8/h3-4H,8H2,1-2H3,(H,10,11). The van der Waals surface area contributed by atoms with Gasteiger partial charge in [-0.1, -0.05) is 0 Å². The van der Waals surface area contributed by atoms with E-state index < -0.39 is 0 Å². The summed E-state index contributed by atoms with van der Waals surface area (Å²) in [4.78, 5) is 11.3. The second-order valence-corrected chi connectivity index (χ2v) is 3.57. The molecule has 1 amide bonds. The molecule has 0 saturated carbocycles. The van der Waals surface area contributed by atoms with Crippen LogP contribution in [-0.2, 0) is 0 Å². The average Bonchev–Trinajstić information content (AvgIpc) is 2.33. The van der Waals surface area contributed by atoms with E-state index in [1.54, 1.807) is 0 Å². The minimum Gasteiger partial charge on any atom is -0.389 e. The first-order valence-corrected chi connectivity index (χ1v) is 4.39. The van der Waals surface area contributed by atoms with Gasteiger partial charge in [0, 0.05) is 6.04 Å². The molecule has 0 aliphatic heterocycles. The molecular weight excluding hydrogens is 174 g/mol. The van der Waals surface area contributed by atoms with Crippen LogP contribution in [0.3, 0.4) is 0 Å². The van der Waals surface area contributed by atoms with Gasteiger partial charge in [-0.3, -0.25) is 4.79 Å². The number of nitrogen functional groups attached to an aromatic ring is 1. The van der Waals surface area contributed by atoms with Crippen LogP contribution in [0.1, 0.15) is 24.2 Å². The summed E-state index contributed by atoms with van der Waals surface area (Å²) < 4.78 is 3.81. The molecule has 1 aromatic heterocycles. The molecule has 0 unspecified atom stereocenters. The first-order valence-electron chi connectivity index (χ1n) is 3.62. The summed E-state index contributed by atoms with van der Waals surface area (Å²) >= 11 is 1.13. The Balaban J connectivity index is 2.72. The number of carbonyl (C=O) groups is 1. The largest absolute Gasteiger partial charge is 0.389 e. The zero-order chi connectivity index (χ0) is 9.14. The van der Waals surface area contributed by atoms with Gasteiger partial charge < -0.3 is 11.1 Å². The molecular formula is C7H11N3OS. The predicted octanol–water partition coefficient (Wildman–Crippen LogP) is 0.863. The van der Waals surface area contributed by atoms with Crippen LogP contribution < -0.4 is 11.1 Å². The Hall–Kier alpha value is -1.10. The Morgan fingerprint density at radius 2 is 2.42 bits per heavy atom. The molecule has 1 heterocycles. The number of anilines is 1. The lowest BCUT2D eigenvalue weighted by molar-refractivity contribution is 0.0944. The van der Waals surface area contributed by atoms with Crippen molar-refractivity contribution in [3.63, 3.8) is 0 Å². The molecule has 0 radical (unpaired) electrons. The van der Waals surface area contributed by atoms with E-state index in [1.807, 2.05) is 13.8 Å². The van der Waals surface area contributed by atoms with E-state index in [0.717, 1.165) is 11.5 Å². The number of carbonyl (C=O) groups excluding carboxylic acids is 1. The molecule has 0 bridgehead atoms. The van der Waals surface area contributed by atoms with Gasteiger partial charge in [0.2, 0.25) is 0 Å². The third-order valence-electron chi connectivity index (χ3n) is 1.26. The molecule has 0 aliphatic rings. The third kappa shape index (κ3) is 1.94. The number of hydrogen-bond donors (Lipinski definition) is 2. The van der Waals surface area contributed by atoms with Crippen molar-refractivity contribution in [2.75, 3.05) is 5.73 Å². The molecule has 1 rings (SSSR count). The van der Waals surface area contributed by atoms with Gasteiger partial charge >= 0.3 is 0 Å². The van der Waals surface area contributed by atoms with Gasteiger partial charge in [-0.25, -0.2) is 0 Å². The Bertz CT molecular complexity index is 282. The fourth-order valence-corrected chi connectivity index (χ4v) is 1.27. The number of aromatic nitrogens is 1. The molecule has 3 N–H and O–H groups in total. The van der Waals surface area contributed by atoms with Crippen LogP contribution in [0.2, 0.25) is 0 Å². The second kappa shape index (κ2) is 3.53. The number of rotatable bonds is 2. The zero-order valence-corrected chi connectivity index (χ0v) is 7.81. The van der Waals surface area contributed by atoms with Crippen LogP contribution in [-0.4, -0.2) is 16.3 Å². The molecule has 0 aliphatic carbocycles. The van der Waals surface area contributed by atoms with E-state index >= 15 is 0 Å². The highest BCUT2D eigenvalue weighted by Gasteiger charge is 2.11. The highest BCUT2D eigenvalue weighted by molar-refractivity contribution is 7.10. The normalized spacial score (nSPS) is 10.2. The van der Waals surface area contributed by atoms with Crippen molar-refractivity contribution < 1.29 is 4.79 Å². The van der Waals surface area contributed by atoms with Crippen LogP contribution in [0.15, 0.2) is 6.20 Å². The molecule has 0 saturated heterocycles. The summed E-state index contributed by atoms with van der Waals surface area (Å²) in [6.07, 6.45) is 1.48. The lowest BCUT2D eigenvalue weighted by Crippen LogP contribution is -2.30. The van der Waals surface area contributed by atoms with E-state index in [1.165, 1.54) is 6.20 Å². The number of nitrogens with two attached hydrogens (primary N) is 1. The van der Waals surface area contributed by atoms with E-state index in [2.05, 4.69) is 9.69 Å². The molecule has 0 aromatic carbocycles. The Kier molecular flexibility index (Phi) is 2.65. The first kappa shape index (κ1) is 8.99. The van der Waals surface area contributed by atoms with E-state index in [0.29, 0.717) is 10.6 Å². The Morgan fingerprint density at radius 1 is 1.75 bits per heavy atom.